The molecule has 1 unspecified atom stereocenters. The molecule has 88 valence electrons. The lowest BCUT2D eigenvalue weighted by Crippen LogP contribution is -2.34. The first-order chi connectivity index (χ1) is 7.10. The van der Waals surface area contributed by atoms with Crippen molar-refractivity contribution in [1.29, 1.82) is 0 Å². The van der Waals surface area contributed by atoms with Crippen molar-refractivity contribution >= 4 is 12.1 Å². The molecule has 0 bridgehead atoms. The zero-order valence-electron chi connectivity index (χ0n) is 8.99. The number of esters is 1. The fraction of sp³-hybridized carbons (Fsp3) is 0.778. The maximum atomic E-state index is 10.9. The highest BCUT2D eigenvalue weighted by molar-refractivity contribution is 5.70. The van der Waals surface area contributed by atoms with Gasteiger partial charge in [-0.3, -0.25) is 4.79 Å². The Kier molecular flexibility index (Phi) is 7.35. The molecule has 0 aliphatic rings. The number of carbonyl (C=O) groups is 2. The van der Waals surface area contributed by atoms with Crippen molar-refractivity contribution < 1.29 is 24.2 Å². The number of nitrogens with one attached hydrogen (secondary N) is 1. The highest BCUT2D eigenvalue weighted by Crippen LogP contribution is 1.93. The number of carbonyl (C=O) groups excluding carboxylic acids is 2. The van der Waals surface area contributed by atoms with Crippen molar-refractivity contribution in [3.8, 4) is 0 Å². The number of ether oxygens (including phenoxy) is 2. The number of alkyl carbamates (subject to hydrolysis) is 1. The van der Waals surface area contributed by atoms with Crippen LogP contribution >= 0.6 is 0 Å². The summed E-state index contributed by atoms with van der Waals surface area (Å²) in [4.78, 5) is 21.7. The fourth-order valence-electron chi connectivity index (χ4n) is 0.868. The Morgan fingerprint density at radius 1 is 1.27 bits per heavy atom. The van der Waals surface area contributed by atoms with Crippen molar-refractivity contribution in [2.75, 3.05) is 19.8 Å². The molecule has 0 rings (SSSR count). The zero-order valence-corrected chi connectivity index (χ0v) is 8.99. The molecule has 0 saturated carbocycles. The molecule has 0 fully saturated rings. The molecule has 0 aliphatic carbocycles. The van der Waals surface area contributed by atoms with Crippen LogP contribution in [0.1, 0.15) is 20.3 Å². The lowest BCUT2D eigenvalue weighted by atomic mass is 10.2. The summed E-state index contributed by atoms with van der Waals surface area (Å²) in [6.45, 7) is 3.87. The molecule has 6 nitrogen and oxygen atoms in total. The summed E-state index contributed by atoms with van der Waals surface area (Å²) in [5, 5.41) is 11.6. The first kappa shape index (κ1) is 13.7. The van der Waals surface area contributed by atoms with Gasteiger partial charge in [-0.15, -0.1) is 0 Å². The van der Waals surface area contributed by atoms with E-state index in [1.807, 2.05) is 0 Å². The van der Waals surface area contributed by atoms with Crippen LogP contribution < -0.4 is 5.32 Å². The van der Waals surface area contributed by atoms with Gasteiger partial charge in [-0.25, -0.2) is 4.79 Å². The highest BCUT2D eigenvalue weighted by Gasteiger charge is 2.12. The molecule has 0 radical (unpaired) electrons. The third-order valence-corrected chi connectivity index (χ3v) is 1.47. The molecule has 2 N–H and O–H groups in total. The van der Waals surface area contributed by atoms with Crippen molar-refractivity contribution in [3.63, 3.8) is 0 Å². The van der Waals surface area contributed by atoms with Crippen LogP contribution in [0, 0.1) is 0 Å². The van der Waals surface area contributed by atoms with Crippen LogP contribution in [0.5, 0.6) is 0 Å². The number of hydrogen-bond donors (Lipinski definition) is 2. The lowest BCUT2D eigenvalue weighted by molar-refractivity contribution is -0.145. The molecule has 0 aromatic heterocycles. The Hall–Kier alpha value is -1.30. The van der Waals surface area contributed by atoms with Gasteiger partial charge >= 0.3 is 12.1 Å². The van der Waals surface area contributed by atoms with Crippen molar-refractivity contribution in [2.24, 2.45) is 0 Å². The number of aliphatic hydroxyl groups is 1. The molecule has 0 spiro atoms. The van der Waals surface area contributed by atoms with Crippen LogP contribution in [0.3, 0.4) is 0 Å². The van der Waals surface area contributed by atoms with Gasteiger partial charge in [0.15, 0.2) is 0 Å². The minimum absolute atomic E-state index is 0.0301. The molecule has 0 aromatic carbocycles. The van der Waals surface area contributed by atoms with E-state index in [9.17, 15) is 14.7 Å². The summed E-state index contributed by atoms with van der Waals surface area (Å²) >= 11 is 0. The van der Waals surface area contributed by atoms with E-state index in [2.05, 4.69) is 14.8 Å². The normalized spacial score (nSPS) is 11.7. The monoisotopic (exact) mass is 219 g/mol. The second-order valence-electron chi connectivity index (χ2n) is 2.76. The zero-order chi connectivity index (χ0) is 11.7. The standard InChI is InChI=1S/C9H17NO5/c1-3-14-8(12)5-7(11)6-10-9(13)15-4-2/h7,11H,3-6H2,1-2H3,(H,10,13). The van der Waals surface area contributed by atoms with E-state index in [-0.39, 0.29) is 26.2 Å². The average molecular weight is 219 g/mol. The van der Waals surface area contributed by atoms with Gasteiger partial charge in [-0.05, 0) is 13.8 Å². The van der Waals surface area contributed by atoms with E-state index in [1.165, 1.54) is 0 Å². The average Bonchev–Trinajstić information content (AvgIpc) is 2.15. The molecule has 0 aliphatic heterocycles. The molecular weight excluding hydrogens is 202 g/mol. The van der Waals surface area contributed by atoms with Crippen molar-refractivity contribution in [1.82, 2.24) is 5.32 Å². The smallest absolute Gasteiger partial charge is 0.407 e. The third kappa shape index (κ3) is 7.75. The Morgan fingerprint density at radius 2 is 1.87 bits per heavy atom. The summed E-state index contributed by atoms with van der Waals surface area (Å²) in [6, 6.07) is 0. The van der Waals surface area contributed by atoms with E-state index in [0.29, 0.717) is 0 Å². The van der Waals surface area contributed by atoms with E-state index < -0.39 is 18.2 Å². The largest absolute Gasteiger partial charge is 0.466 e. The Bertz CT molecular complexity index is 207. The Morgan fingerprint density at radius 3 is 2.40 bits per heavy atom. The molecule has 1 atom stereocenters. The van der Waals surface area contributed by atoms with Crippen LogP contribution in [0.25, 0.3) is 0 Å². The second kappa shape index (κ2) is 8.05. The van der Waals surface area contributed by atoms with E-state index in [4.69, 9.17) is 0 Å². The Balaban J connectivity index is 3.60. The minimum Gasteiger partial charge on any atom is -0.466 e. The number of aliphatic hydroxyl groups excluding tert-OH is 1. The highest BCUT2D eigenvalue weighted by atomic mass is 16.5. The van der Waals surface area contributed by atoms with Gasteiger partial charge in [0.2, 0.25) is 0 Å². The predicted octanol–water partition coefficient (Wildman–Crippen LogP) is 0.0466. The van der Waals surface area contributed by atoms with Crippen molar-refractivity contribution in [2.45, 2.75) is 26.4 Å². The molecular formula is C9H17NO5. The summed E-state index contributed by atoms with van der Waals surface area (Å²) in [7, 11) is 0. The molecule has 0 saturated heterocycles. The first-order valence-corrected chi connectivity index (χ1v) is 4.84. The SMILES string of the molecule is CCOC(=O)CC(O)CNC(=O)OCC. The molecule has 0 heterocycles. The first-order valence-electron chi connectivity index (χ1n) is 4.84. The predicted molar refractivity (Wildman–Crippen MR) is 52.3 cm³/mol. The topological polar surface area (TPSA) is 84.9 Å². The fourth-order valence-corrected chi connectivity index (χ4v) is 0.868. The van der Waals surface area contributed by atoms with E-state index in [1.54, 1.807) is 13.8 Å². The van der Waals surface area contributed by atoms with Crippen LogP contribution in [-0.4, -0.2) is 43.0 Å². The van der Waals surface area contributed by atoms with Crippen LogP contribution in [0.2, 0.25) is 0 Å². The van der Waals surface area contributed by atoms with Gasteiger partial charge in [0.1, 0.15) is 0 Å². The van der Waals surface area contributed by atoms with Crippen LogP contribution in [-0.2, 0) is 14.3 Å². The van der Waals surface area contributed by atoms with Gasteiger partial charge in [0, 0.05) is 6.54 Å². The maximum absolute atomic E-state index is 10.9. The van der Waals surface area contributed by atoms with Crippen LogP contribution in [0.15, 0.2) is 0 Å². The Labute approximate surface area is 88.6 Å². The summed E-state index contributed by atoms with van der Waals surface area (Å²) in [5.41, 5.74) is 0. The molecule has 6 heteroatoms. The number of hydrogen-bond acceptors (Lipinski definition) is 5. The third-order valence-electron chi connectivity index (χ3n) is 1.47. The number of rotatable bonds is 6. The van der Waals surface area contributed by atoms with Gasteiger partial charge in [0.05, 0.1) is 25.7 Å². The molecule has 1 amide bonds. The van der Waals surface area contributed by atoms with E-state index >= 15 is 0 Å². The van der Waals surface area contributed by atoms with Crippen molar-refractivity contribution in [3.05, 3.63) is 0 Å². The summed E-state index contributed by atoms with van der Waals surface area (Å²) in [6.07, 6.45) is -1.70. The number of amides is 1. The van der Waals surface area contributed by atoms with E-state index in [0.717, 1.165) is 0 Å². The minimum atomic E-state index is -0.951. The van der Waals surface area contributed by atoms with Gasteiger partial charge in [-0.2, -0.15) is 0 Å². The molecule has 0 aromatic rings. The maximum Gasteiger partial charge on any atom is 0.407 e. The second-order valence-corrected chi connectivity index (χ2v) is 2.76. The van der Waals surface area contributed by atoms with Gasteiger partial charge in [0.25, 0.3) is 0 Å². The lowest BCUT2D eigenvalue weighted by Gasteiger charge is -2.10. The molecule has 15 heavy (non-hydrogen) atoms. The summed E-state index contributed by atoms with van der Waals surface area (Å²) in [5.74, 6) is -0.490. The quantitative estimate of drug-likeness (QED) is 0.616. The van der Waals surface area contributed by atoms with Crippen LogP contribution in [0.4, 0.5) is 4.79 Å². The van der Waals surface area contributed by atoms with Gasteiger partial charge in [-0.1, -0.05) is 0 Å². The van der Waals surface area contributed by atoms with Gasteiger partial charge < -0.3 is 19.9 Å². The summed E-state index contributed by atoms with van der Waals surface area (Å²) < 4.78 is 9.19.